The second kappa shape index (κ2) is 6.92. The first-order valence-corrected chi connectivity index (χ1v) is 8.10. The lowest BCUT2D eigenvalue weighted by Crippen LogP contribution is -1.92. The Kier molecular flexibility index (Phi) is 4.73. The highest BCUT2D eigenvalue weighted by atomic mass is 35.5. The Morgan fingerprint density at radius 2 is 1.91 bits per heavy atom. The van der Waals surface area contributed by atoms with Crippen molar-refractivity contribution in [2.75, 3.05) is 5.43 Å². The Labute approximate surface area is 142 Å². The van der Waals surface area contributed by atoms with E-state index in [1.54, 1.807) is 12.4 Å². The molecule has 3 rings (SSSR count). The highest BCUT2D eigenvalue weighted by molar-refractivity contribution is 7.15. The molecule has 3 nitrogen and oxygen atoms in total. The van der Waals surface area contributed by atoms with Gasteiger partial charge in [0, 0.05) is 22.2 Å². The number of hydrogen-bond donors (Lipinski definition) is 1. The molecular weight excluding hydrogens is 337 g/mol. The molecule has 0 radical (unpaired) electrons. The van der Waals surface area contributed by atoms with E-state index in [4.69, 9.17) is 23.2 Å². The molecule has 0 unspecified atom stereocenters. The lowest BCUT2D eigenvalue weighted by molar-refractivity contribution is 1.28. The van der Waals surface area contributed by atoms with Gasteiger partial charge in [0.25, 0.3) is 0 Å². The zero-order valence-electron chi connectivity index (χ0n) is 11.3. The second-order valence-corrected chi connectivity index (χ2v) is 6.35. The fourth-order valence-corrected chi connectivity index (χ4v) is 3.13. The lowest BCUT2D eigenvalue weighted by Gasteiger charge is -2.05. The molecule has 2 heterocycles. The van der Waals surface area contributed by atoms with E-state index in [9.17, 15) is 0 Å². The van der Waals surface area contributed by atoms with E-state index in [1.165, 1.54) is 11.3 Å². The van der Waals surface area contributed by atoms with E-state index < -0.39 is 0 Å². The first-order chi connectivity index (χ1) is 10.7. The Bertz CT molecular complexity index is 783. The van der Waals surface area contributed by atoms with Gasteiger partial charge in [-0.3, -0.25) is 10.4 Å². The van der Waals surface area contributed by atoms with E-state index in [1.807, 2.05) is 47.8 Å². The average molecular weight is 348 g/mol. The van der Waals surface area contributed by atoms with Crippen molar-refractivity contribution in [2.45, 2.75) is 0 Å². The van der Waals surface area contributed by atoms with Gasteiger partial charge in [0.15, 0.2) is 0 Å². The van der Waals surface area contributed by atoms with Crippen molar-refractivity contribution < 1.29 is 0 Å². The molecule has 0 aliphatic heterocycles. The van der Waals surface area contributed by atoms with E-state index in [2.05, 4.69) is 15.5 Å². The van der Waals surface area contributed by atoms with Crippen molar-refractivity contribution in [3.8, 4) is 11.1 Å². The molecule has 0 bridgehead atoms. The number of thiophene rings is 1. The van der Waals surface area contributed by atoms with Crippen LogP contribution in [0.25, 0.3) is 11.1 Å². The largest absolute Gasteiger partial charge is 0.277 e. The zero-order valence-corrected chi connectivity index (χ0v) is 13.7. The van der Waals surface area contributed by atoms with Crippen LogP contribution in [0.5, 0.6) is 0 Å². The first kappa shape index (κ1) is 15.0. The highest BCUT2D eigenvalue weighted by Crippen LogP contribution is 2.40. The predicted molar refractivity (Wildman–Crippen MR) is 95.2 cm³/mol. The van der Waals surface area contributed by atoms with Crippen LogP contribution in [0.4, 0.5) is 5.69 Å². The number of pyridine rings is 1. The number of anilines is 1. The molecule has 22 heavy (non-hydrogen) atoms. The summed E-state index contributed by atoms with van der Waals surface area (Å²) in [6.07, 6.45) is 3.39. The molecule has 6 heteroatoms. The molecule has 0 spiro atoms. The fourth-order valence-electron chi connectivity index (χ4n) is 1.92. The summed E-state index contributed by atoms with van der Waals surface area (Å²) in [7, 11) is 0. The van der Waals surface area contributed by atoms with Gasteiger partial charge in [0.2, 0.25) is 0 Å². The molecule has 2 aromatic heterocycles. The Morgan fingerprint density at radius 3 is 2.64 bits per heavy atom. The quantitative estimate of drug-likeness (QED) is 0.495. The van der Waals surface area contributed by atoms with Gasteiger partial charge >= 0.3 is 0 Å². The van der Waals surface area contributed by atoms with Gasteiger partial charge in [-0.15, -0.1) is 11.3 Å². The summed E-state index contributed by atoms with van der Waals surface area (Å²) in [5.74, 6) is 0. The van der Waals surface area contributed by atoms with Gasteiger partial charge in [0.05, 0.1) is 17.6 Å². The Morgan fingerprint density at radius 1 is 1.09 bits per heavy atom. The number of nitrogens with zero attached hydrogens (tertiary/aromatic N) is 2. The van der Waals surface area contributed by atoms with E-state index in [-0.39, 0.29) is 0 Å². The van der Waals surface area contributed by atoms with Crippen LogP contribution < -0.4 is 5.43 Å². The minimum atomic E-state index is 0.692. The maximum Gasteiger partial charge on any atom is 0.103 e. The van der Waals surface area contributed by atoms with Gasteiger partial charge in [-0.05, 0) is 29.8 Å². The summed E-state index contributed by atoms with van der Waals surface area (Å²) in [4.78, 5) is 4.18. The maximum atomic E-state index is 6.30. The summed E-state index contributed by atoms with van der Waals surface area (Å²) in [6.45, 7) is 0. The monoisotopic (exact) mass is 347 g/mol. The van der Waals surface area contributed by atoms with Gasteiger partial charge in [0.1, 0.15) is 4.34 Å². The molecule has 0 atom stereocenters. The summed E-state index contributed by atoms with van der Waals surface area (Å²) in [5, 5.41) is 6.84. The molecule has 1 aromatic carbocycles. The molecular formula is C16H11Cl2N3S. The van der Waals surface area contributed by atoms with Crippen LogP contribution in [0.1, 0.15) is 5.69 Å². The molecule has 3 aromatic rings. The number of benzene rings is 1. The van der Waals surface area contributed by atoms with Crippen LogP contribution in [0, 0.1) is 0 Å². The number of hydrogen-bond acceptors (Lipinski definition) is 4. The summed E-state index contributed by atoms with van der Waals surface area (Å²) < 4.78 is 0.706. The van der Waals surface area contributed by atoms with Crippen molar-refractivity contribution >= 4 is 46.4 Å². The van der Waals surface area contributed by atoms with Crippen LogP contribution in [0.15, 0.2) is 59.1 Å². The van der Waals surface area contributed by atoms with Crippen LogP contribution in [-0.2, 0) is 0 Å². The van der Waals surface area contributed by atoms with E-state index >= 15 is 0 Å². The van der Waals surface area contributed by atoms with Crippen molar-refractivity contribution in [3.63, 3.8) is 0 Å². The third kappa shape index (κ3) is 3.47. The van der Waals surface area contributed by atoms with Crippen molar-refractivity contribution in [1.29, 1.82) is 0 Å². The molecule has 0 fully saturated rings. The normalized spacial score (nSPS) is 11.0. The summed E-state index contributed by atoms with van der Waals surface area (Å²) >= 11 is 13.7. The molecule has 0 aliphatic carbocycles. The molecule has 110 valence electrons. The Balaban J connectivity index is 1.83. The molecule has 0 saturated heterocycles. The lowest BCUT2D eigenvalue weighted by atomic mass is 10.1. The molecule has 1 N–H and O–H groups in total. The Hall–Kier alpha value is -1.88. The number of halogens is 2. The SMILES string of the molecule is Clc1ccc(-c2c(NN=Cc3ccccn3)csc2Cl)cc1. The average Bonchev–Trinajstić information content (AvgIpc) is 2.90. The van der Waals surface area contributed by atoms with Gasteiger partial charge in [-0.2, -0.15) is 5.10 Å². The predicted octanol–water partition coefficient (Wildman–Crippen LogP) is 5.56. The van der Waals surface area contributed by atoms with Crippen LogP contribution in [-0.4, -0.2) is 11.2 Å². The second-order valence-electron chi connectivity index (χ2n) is 4.43. The van der Waals surface area contributed by atoms with E-state index in [0.29, 0.717) is 9.36 Å². The molecule has 0 saturated carbocycles. The number of hydrazone groups is 1. The van der Waals surface area contributed by atoms with Crippen LogP contribution in [0.2, 0.25) is 9.36 Å². The summed E-state index contributed by atoms with van der Waals surface area (Å²) in [6, 6.07) is 13.2. The number of aromatic nitrogens is 1. The first-order valence-electron chi connectivity index (χ1n) is 6.47. The minimum Gasteiger partial charge on any atom is -0.277 e. The topological polar surface area (TPSA) is 37.3 Å². The van der Waals surface area contributed by atoms with E-state index in [0.717, 1.165) is 22.5 Å². The van der Waals surface area contributed by atoms with Crippen molar-refractivity contribution in [1.82, 2.24) is 4.98 Å². The highest BCUT2D eigenvalue weighted by Gasteiger charge is 2.12. The van der Waals surface area contributed by atoms with Gasteiger partial charge < -0.3 is 0 Å². The summed E-state index contributed by atoms with van der Waals surface area (Å²) in [5.41, 5.74) is 6.56. The fraction of sp³-hybridized carbons (Fsp3) is 0. The smallest absolute Gasteiger partial charge is 0.103 e. The van der Waals surface area contributed by atoms with Gasteiger partial charge in [-0.25, -0.2) is 0 Å². The van der Waals surface area contributed by atoms with Crippen molar-refractivity contribution in [2.24, 2.45) is 5.10 Å². The third-order valence-electron chi connectivity index (χ3n) is 2.95. The van der Waals surface area contributed by atoms with Crippen molar-refractivity contribution in [3.05, 3.63) is 69.1 Å². The standard InChI is InChI=1S/C16H11Cl2N3S/c17-12-6-4-11(5-7-12)15-14(10-22-16(15)18)21-20-9-13-3-1-2-8-19-13/h1-10,21H. The molecule has 0 aliphatic rings. The number of nitrogens with one attached hydrogen (secondary N) is 1. The minimum absolute atomic E-state index is 0.692. The van der Waals surface area contributed by atoms with Crippen LogP contribution in [0.3, 0.4) is 0 Å². The maximum absolute atomic E-state index is 6.30. The number of rotatable bonds is 4. The third-order valence-corrected chi connectivity index (χ3v) is 4.42. The van der Waals surface area contributed by atoms with Crippen LogP contribution >= 0.6 is 34.5 Å². The molecule has 0 amide bonds. The van der Waals surface area contributed by atoms with Gasteiger partial charge in [-0.1, -0.05) is 41.4 Å². The zero-order chi connectivity index (χ0) is 15.4.